The summed E-state index contributed by atoms with van der Waals surface area (Å²) in [5.74, 6) is -0.0339. The van der Waals surface area contributed by atoms with Crippen LogP contribution in [0.2, 0.25) is 0 Å². The molecule has 0 fully saturated rings. The molecule has 0 spiro atoms. The van der Waals surface area contributed by atoms with Crippen LogP contribution in [-0.2, 0) is 24.1 Å². The van der Waals surface area contributed by atoms with E-state index in [9.17, 15) is 9.59 Å². The Morgan fingerprint density at radius 3 is 2.46 bits per heavy atom. The number of Topliss-reactive ketones (excluding diaryl/α,β-unsaturated/α-hetero) is 1. The van der Waals surface area contributed by atoms with Crippen LogP contribution < -0.4 is 11.1 Å². The van der Waals surface area contributed by atoms with Gasteiger partial charge in [0.25, 0.3) is 0 Å². The van der Waals surface area contributed by atoms with Gasteiger partial charge >= 0.3 is 0 Å². The molecule has 138 valence electrons. The number of benzene rings is 2. The van der Waals surface area contributed by atoms with Gasteiger partial charge in [-0.25, -0.2) is 0 Å². The second-order valence-electron chi connectivity index (χ2n) is 6.60. The number of anilines is 1. The van der Waals surface area contributed by atoms with E-state index in [1.807, 2.05) is 36.4 Å². The molecular weight excluding hydrogens is 348 g/mol. The van der Waals surface area contributed by atoms with Crippen molar-refractivity contribution in [1.29, 1.82) is 0 Å². The fourth-order valence-electron chi connectivity index (χ4n) is 3.24. The predicted molar refractivity (Wildman–Crippen MR) is 107 cm³/mol. The molecule has 0 heterocycles. The summed E-state index contributed by atoms with van der Waals surface area (Å²) in [5.41, 5.74) is 10.9. The first-order chi connectivity index (χ1) is 12.1. The Hall–Kier alpha value is -2.33. The zero-order valence-electron chi connectivity index (χ0n) is 14.8. The van der Waals surface area contributed by atoms with Crippen LogP contribution in [0.3, 0.4) is 0 Å². The Kier molecular flexibility index (Phi) is 7.22. The SMILES string of the molecule is Cl.Nc1ccc(CCNC(=O)CCC(=O)c2ccc3c(c2)CCC3)cc1. The summed E-state index contributed by atoms with van der Waals surface area (Å²) in [6, 6.07) is 13.6. The summed E-state index contributed by atoms with van der Waals surface area (Å²) in [6.45, 7) is 0.565. The molecule has 1 aliphatic carbocycles. The van der Waals surface area contributed by atoms with E-state index in [0.717, 1.165) is 36.1 Å². The van der Waals surface area contributed by atoms with Crippen LogP contribution >= 0.6 is 12.4 Å². The van der Waals surface area contributed by atoms with Gasteiger partial charge in [0.05, 0.1) is 0 Å². The van der Waals surface area contributed by atoms with E-state index in [2.05, 4.69) is 11.4 Å². The molecule has 1 aliphatic rings. The monoisotopic (exact) mass is 372 g/mol. The smallest absolute Gasteiger partial charge is 0.220 e. The van der Waals surface area contributed by atoms with Crippen molar-refractivity contribution in [1.82, 2.24) is 5.32 Å². The lowest BCUT2D eigenvalue weighted by molar-refractivity contribution is -0.121. The average molecular weight is 373 g/mol. The highest BCUT2D eigenvalue weighted by atomic mass is 35.5. The molecule has 26 heavy (non-hydrogen) atoms. The highest BCUT2D eigenvalue weighted by molar-refractivity contribution is 5.98. The molecule has 0 saturated heterocycles. The Bertz CT molecular complexity index is 772. The van der Waals surface area contributed by atoms with Crippen molar-refractivity contribution in [3.8, 4) is 0 Å². The Labute approximate surface area is 160 Å². The normalized spacial score (nSPS) is 12.2. The maximum atomic E-state index is 12.3. The maximum Gasteiger partial charge on any atom is 0.220 e. The first-order valence-electron chi connectivity index (χ1n) is 8.88. The predicted octanol–water partition coefficient (Wildman–Crippen LogP) is 3.50. The summed E-state index contributed by atoms with van der Waals surface area (Å²) < 4.78 is 0. The summed E-state index contributed by atoms with van der Waals surface area (Å²) in [7, 11) is 0. The van der Waals surface area contributed by atoms with Gasteiger partial charge in [-0.1, -0.05) is 24.3 Å². The van der Waals surface area contributed by atoms with Gasteiger partial charge in [0.2, 0.25) is 5.91 Å². The molecule has 4 nitrogen and oxygen atoms in total. The fraction of sp³-hybridized carbons (Fsp3) is 0.333. The van der Waals surface area contributed by atoms with E-state index in [1.54, 1.807) is 0 Å². The summed E-state index contributed by atoms with van der Waals surface area (Å²) >= 11 is 0. The number of aryl methyl sites for hydroxylation is 2. The second kappa shape index (κ2) is 9.39. The third kappa shape index (κ3) is 5.33. The number of hydrogen-bond acceptors (Lipinski definition) is 3. The van der Waals surface area contributed by atoms with E-state index in [-0.39, 0.29) is 36.9 Å². The van der Waals surface area contributed by atoms with Gasteiger partial charge in [0.15, 0.2) is 5.78 Å². The fourth-order valence-corrected chi connectivity index (χ4v) is 3.24. The van der Waals surface area contributed by atoms with Gasteiger partial charge in [-0.15, -0.1) is 12.4 Å². The summed E-state index contributed by atoms with van der Waals surface area (Å²) in [5, 5.41) is 2.87. The molecule has 0 aromatic heterocycles. The minimum atomic E-state index is -0.0787. The second-order valence-corrected chi connectivity index (χ2v) is 6.60. The van der Waals surface area contributed by atoms with E-state index >= 15 is 0 Å². The number of fused-ring (bicyclic) bond motifs is 1. The minimum Gasteiger partial charge on any atom is -0.399 e. The van der Waals surface area contributed by atoms with Crippen LogP contribution in [0.5, 0.6) is 0 Å². The molecule has 0 radical (unpaired) electrons. The number of halogens is 1. The van der Waals surface area contributed by atoms with Crippen LogP contribution in [0.4, 0.5) is 5.69 Å². The van der Waals surface area contributed by atoms with Gasteiger partial charge in [0.1, 0.15) is 0 Å². The van der Waals surface area contributed by atoms with Crippen molar-refractivity contribution in [2.75, 3.05) is 12.3 Å². The molecule has 0 saturated carbocycles. The lowest BCUT2D eigenvalue weighted by Gasteiger charge is -2.07. The molecule has 2 aromatic carbocycles. The summed E-state index contributed by atoms with van der Waals surface area (Å²) in [6.07, 6.45) is 4.58. The quantitative estimate of drug-likeness (QED) is 0.577. The lowest BCUT2D eigenvalue weighted by Crippen LogP contribution is -2.26. The number of nitrogens with two attached hydrogens (primary N) is 1. The number of carbonyl (C=O) groups is 2. The molecular formula is C21H25ClN2O2. The summed E-state index contributed by atoms with van der Waals surface area (Å²) in [4.78, 5) is 24.2. The molecule has 1 amide bonds. The number of hydrogen-bond donors (Lipinski definition) is 2. The molecule has 0 atom stereocenters. The number of carbonyl (C=O) groups excluding carboxylic acids is 2. The van der Waals surface area contributed by atoms with Crippen molar-refractivity contribution in [3.05, 3.63) is 64.7 Å². The number of nitrogens with one attached hydrogen (secondary N) is 1. The van der Waals surface area contributed by atoms with Crippen molar-refractivity contribution in [3.63, 3.8) is 0 Å². The van der Waals surface area contributed by atoms with Crippen LogP contribution in [0.1, 0.15) is 46.3 Å². The van der Waals surface area contributed by atoms with Gasteiger partial charge < -0.3 is 11.1 Å². The third-order valence-corrected chi connectivity index (χ3v) is 4.72. The molecule has 0 unspecified atom stereocenters. The highest BCUT2D eigenvalue weighted by Gasteiger charge is 2.14. The first-order valence-corrected chi connectivity index (χ1v) is 8.88. The third-order valence-electron chi connectivity index (χ3n) is 4.72. The van der Waals surface area contributed by atoms with Crippen molar-refractivity contribution in [2.24, 2.45) is 0 Å². The van der Waals surface area contributed by atoms with Crippen molar-refractivity contribution in [2.45, 2.75) is 38.5 Å². The molecule has 0 aliphatic heterocycles. The van der Waals surface area contributed by atoms with E-state index < -0.39 is 0 Å². The van der Waals surface area contributed by atoms with E-state index in [4.69, 9.17) is 5.73 Å². The zero-order valence-corrected chi connectivity index (χ0v) is 15.6. The van der Waals surface area contributed by atoms with Gasteiger partial charge in [0, 0.05) is 30.6 Å². The van der Waals surface area contributed by atoms with E-state index in [1.165, 1.54) is 17.5 Å². The van der Waals surface area contributed by atoms with Gasteiger partial charge in [-0.05, 0) is 60.6 Å². The van der Waals surface area contributed by atoms with Crippen molar-refractivity contribution < 1.29 is 9.59 Å². The van der Waals surface area contributed by atoms with Crippen LogP contribution in [0.15, 0.2) is 42.5 Å². The largest absolute Gasteiger partial charge is 0.399 e. The molecule has 0 bridgehead atoms. The Morgan fingerprint density at radius 1 is 0.962 bits per heavy atom. The van der Waals surface area contributed by atoms with Crippen LogP contribution in [-0.4, -0.2) is 18.2 Å². The molecule has 3 rings (SSSR count). The number of nitrogen functional groups attached to an aromatic ring is 1. The topological polar surface area (TPSA) is 72.2 Å². The van der Waals surface area contributed by atoms with Crippen LogP contribution in [0.25, 0.3) is 0 Å². The number of rotatable bonds is 7. The standard InChI is InChI=1S/C21H24N2O2.ClH/c22-19-8-4-15(5-9-19)12-13-23-21(25)11-10-20(24)18-7-6-16-2-1-3-17(16)14-18;/h4-9,14H,1-3,10-13,22H2,(H,23,25);1H. The number of amides is 1. The first kappa shape index (κ1) is 20.0. The lowest BCUT2D eigenvalue weighted by atomic mass is 10.0. The Balaban J connectivity index is 0.00000243. The molecule has 5 heteroatoms. The minimum absolute atomic E-state index is 0. The van der Waals surface area contributed by atoms with E-state index in [0.29, 0.717) is 6.54 Å². The molecule has 3 N–H and O–H groups in total. The van der Waals surface area contributed by atoms with Gasteiger partial charge in [-0.2, -0.15) is 0 Å². The van der Waals surface area contributed by atoms with Crippen molar-refractivity contribution >= 4 is 29.8 Å². The average Bonchev–Trinajstić information content (AvgIpc) is 3.09. The van der Waals surface area contributed by atoms with Gasteiger partial charge in [-0.3, -0.25) is 9.59 Å². The zero-order chi connectivity index (χ0) is 17.6. The maximum absolute atomic E-state index is 12.3. The van der Waals surface area contributed by atoms with Crippen LogP contribution in [0, 0.1) is 0 Å². The Morgan fingerprint density at radius 2 is 1.69 bits per heavy atom. The number of ketones is 1. The highest BCUT2D eigenvalue weighted by Crippen LogP contribution is 2.23. The molecule has 2 aromatic rings.